The van der Waals surface area contributed by atoms with Crippen molar-refractivity contribution in [3.05, 3.63) is 28.2 Å². The van der Waals surface area contributed by atoms with Crippen LogP contribution in [0.1, 0.15) is 30.8 Å². The van der Waals surface area contributed by atoms with Crippen molar-refractivity contribution in [2.45, 2.75) is 26.3 Å². The number of hydrogen-bond donors (Lipinski definition) is 2. The molecule has 2 atom stereocenters. The van der Waals surface area contributed by atoms with Gasteiger partial charge in [-0.1, -0.05) is 20.3 Å². The Bertz CT molecular complexity index is 538. The Kier molecular flexibility index (Phi) is 4.80. The number of carboxylic acids is 1. The molecule has 2 N–H and O–H groups in total. The zero-order chi connectivity index (χ0) is 14.6. The first-order valence-corrected chi connectivity index (χ1v) is 5.94. The largest absolute Gasteiger partial charge is 0.480 e. The Labute approximate surface area is 110 Å². The van der Waals surface area contributed by atoms with Crippen molar-refractivity contribution in [3.8, 4) is 0 Å². The second kappa shape index (κ2) is 6.12. The molecular weight excluding hydrogens is 250 g/mol. The summed E-state index contributed by atoms with van der Waals surface area (Å²) in [6.07, 6.45) is 0.623. The molecule has 1 rings (SSSR count). The first-order valence-electron chi connectivity index (χ1n) is 5.94. The van der Waals surface area contributed by atoms with E-state index < -0.39 is 17.9 Å². The summed E-state index contributed by atoms with van der Waals surface area (Å²) < 4.78 is 1.02. The van der Waals surface area contributed by atoms with Crippen LogP contribution < -0.4 is 10.9 Å². The van der Waals surface area contributed by atoms with Gasteiger partial charge in [0.05, 0.1) is 0 Å². The molecule has 19 heavy (non-hydrogen) atoms. The van der Waals surface area contributed by atoms with Crippen LogP contribution in [0.4, 0.5) is 0 Å². The monoisotopic (exact) mass is 267 g/mol. The molecule has 0 saturated heterocycles. The zero-order valence-electron chi connectivity index (χ0n) is 11.1. The molecule has 2 unspecified atom stereocenters. The number of carboxylic acid groups (broad SMARTS) is 1. The average Bonchev–Trinajstić information content (AvgIpc) is 2.37. The number of aliphatic carboxylic acids is 1. The van der Waals surface area contributed by atoms with E-state index in [0.717, 1.165) is 4.68 Å². The Hall–Kier alpha value is -2.18. The van der Waals surface area contributed by atoms with Gasteiger partial charge in [-0.05, 0) is 12.0 Å². The maximum absolute atomic E-state index is 11.9. The third-order valence-corrected chi connectivity index (χ3v) is 2.96. The zero-order valence-corrected chi connectivity index (χ0v) is 11.1. The molecule has 104 valence electrons. The number of amides is 1. The van der Waals surface area contributed by atoms with E-state index >= 15 is 0 Å². The fraction of sp³-hybridized carbons (Fsp3) is 0.500. The molecule has 1 aromatic heterocycles. The number of rotatable bonds is 5. The van der Waals surface area contributed by atoms with Crippen molar-refractivity contribution >= 4 is 11.9 Å². The minimum atomic E-state index is -1.09. The van der Waals surface area contributed by atoms with E-state index in [1.807, 2.05) is 6.92 Å². The highest BCUT2D eigenvalue weighted by Gasteiger charge is 2.26. The van der Waals surface area contributed by atoms with Crippen molar-refractivity contribution in [2.75, 3.05) is 0 Å². The Morgan fingerprint density at radius 3 is 2.58 bits per heavy atom. The van der Waals surface area contributed by atoms with Crippen molar-refractivity contribution < 1.29 is 14.7 Å². The van der Waals surface area contributed by atoms with Crippen LogP contribution in [0.15, 0.2) is 16.9 Å². The maximum atomic E-state index is 11.9. The number of nitrogens with zero attached hydrogens (tertiary/aromatic N) is 2. The molecule has 0 saturated carbocycles. The number of aryl methyl sites for hydroxylation is 1. The predicted octanol–water partition coefficient (Wildman–Crippen LogP) is 0.00940. The molecule has 1 aromatic rings. The minimum absolute atomic E-state index is 0.0108. The molecule has 7 nitrogen and oxygen atoms in total. The molecule has 0 fully saturated rings. The lowest BCUT2D eigenvalue weighted by atomic mass is 9.99. The van der Waals surface area contributed by atoms with Gasteiger partial charge in [0, 0.05) is 13.1 Å². The number of nitrogens with one attached hydrogen (secondary N) is 1. The molecule has 1 heterocycles. The SMILES string of the molecule is CCC(C)C(NC(=O)c1ccc(=O)n(C)n1)C(=O)O. The van der Waals surface area contributed by atoms with E-state index in [1.54, 1.807) is 6.92 Å². The Balaban J connectivity index is 2.90. The van der Waals surface area contributed by atoms with Crippen molar-refractivity contribution in [1.29, 1.82) is 0 Å². The fourth-order valence-electron chi connectivity index (χ4n) is 1.52. The molecule has 0 bridgehead atoms. The normalized spacial score (nSPS) is 13.6. The van der Waals surface area contributed by atoms with Gasteiger partial charge in [0.15, 0.2) is 0 Å². The standard InChI is InChI=1S/C12H17N3O4/c1-4-7(2)10(12(18)19)13-11(17)8-5-6-9(16)15(3)14-8/h5-7,10H,4H2,1-3H3,(H,13,17)(H,18,19). The predicted molar refractivity (Wildman–Crippen MR) is 67.8 cm³/mol. The lowest BCUT2D eigenvalue weighted by Gasteiger charge is -2.19. The number of aromatic nitrogens is 2. The molecule has 1 amide bonds. The second-order valence-electron chi connectivity index (χ2n) is 4.36. The van der Waals surface area contributed by atoms with E-state index in [4.69, 9.17) is 5.11 Å². The Morgan fingerprint density at radius 2 is 2.11 bits per heavy atom. The minimum Gasteiger partial charge on any atom is -0.480 e. The molecule has 0 aliphatic heterocycles. The highest BCUT2D eigenvalue weighted by molar-refractivity contribution is 5.94. The molecular formula is C12H17N3O4. The van der Waals surface area contributed by atoms with Crippen LogP contribution >= 0.6 is 0 Å². The van der Waals surface area contributed by atoms with Crippen molar-refractivity contribution in [1.82, 2.24) is 15.1 Å². The molecule has 0 radical (unpaired) electrons. The fourth-order valence-corrected chi connectivity index (χ4v) is 1.52. The van der Waals surface area contributed by atoms with E-state index in [0.29, 0.717) is 6.42 Å². The van der Waals surface area contributed by atoms with Crippen LogP contribution in [0.2, 0.25) is 0 Å². The summed E-state index contributed by atoms with van der Waals surface area (Å²) >= 11 is 0. The molecule has 0 spiro atoms. The summed E-state index contributed by atoms with van der Waals surface area (Å²) in [5.41, 5.74) is -0.329. The van der Waals surface area contributed by atoms with Gasteiger partial charge in [-0.15, -0.1) is 0 Å². The van der Waals surface area contributed by atoms with Gasteiger partial charge in [-0.2, -0.15) is 5.10 Å². The number of hydrogen-bond acceptors (Lipinski definition) is 4. The van der Waals surface area contributed by atoms with Crippen molar-refractivity contribution in [2.24, 2.45) is 13.0 Å². The van der Waals surface area contributed by atoms with Crippen molar-refractivity contribution in [3.63, 3.8) is 0 Å². The van der Waals surface area contributed by atoms with E-state index in [1.165, 1.54) is 19.2 Å². The van der Waals surface area contributed by atoms with Crippen LogP contribution in [-0.4, -0.2) is 32.8 Å². The first-order chi connectivity index (χ1) is 8.86. The summed E-state index contributed by atoms with van der Waals surface area (Å²) in [6.45, 7) is 3.59. The van der Waals surface area contributed by atoms with Crippen LogP contribution in [0, 0.1) is 5.92 Å². The van der Waals surface area contributed by atoms with Gasteiger partial charge < -0.3 is 10.4 Å². The van der Waals surface area contributed by atoms with Gasteiger partial charge in [-0.3, -0.25) is 9.59 Å². The van der Waals surface area contributed by atoms with Gasteiger partial charge in [0.2, 0.25) is 0 Å². The topological polar surface area (TPSA) is 101 Å². The first kappa shape index (κ1) is 14.9. The van der Waals surface area contributed by atoms with E-state index in [2.05, 4.69) is 10.4 Å². The summed E-state index contributed by atoms with van der Waals surface area (Å²) in [5.74, 6) is -1.90. The Morgan fingerprint density at radius 1 is 1.47 bits per heavy atom. The lowest BCUT2D eigenvalue weighted by molar-refractivity contribution is -0.140. The van der Waals surface area contributed by atoms with Gasteiger partial charge in [-0.25, -0.2) is 9.48 Å². The third kappa shape index (κ3) is 3.64. The molecule has 0 aliphatic carbocycles. The maximum Gasteiger partial charge on any atom is 0.326 e. The molecule has 0 aromatic carbocycles. The average molecular weight is 267 g/mol. The van der Waals surface area contributed by atoms with Gasteiger partial charge >= 0.3 is 5.97 Å². The van der Waals surface area contributed by atoms with Crippen LogP contribution in [-0.2, 0) is 11.8 Å². The van der Waals surface area contributed by atoms with Gasteiger partial charge in [0.1, 0.15) is 11.7 Å². The van der Waals surface area contributed by atoms with Gasteiger partial charge in [0.25, 0.3) is 11.5 Å². The van der Waals surface area contributed by atoms with E-state index in [9.17, 15) is 14.4 Å². The van der Waals surface area contributed by atoms with Crippen LogP contribution in [0.5, 0.6) is 0 Å². The summed E-state index contributed by atoms with van der Waals surface area (Å²) in [5, 5.41) is 15.3. The summed E-state index contributed by atoms with van der Waals surface area (Å²) in [4.78, 5) is 34.1. The molecule has 0 aliphatic rings. The third-order valence-electron chi connectivity index (χ3n) is 2.96. The van der Waals surface area contributed by atoms with Crippen LogP contribution in [0.3, 0.4) is 0 Å². The quantitative estimate of drug-likeness (QED) is 0.782. The van der Waals surface area contributed by atoms with Crippen LogP contribution in [0.25, 0.3) is 0 Å². The molecule has 7 heteroatoms. The lowest BCUT2D eigenvalue weighted by Crippen LogP contribution is -2.45. The summed E-state index contributed by atoms with van der Waals surface area (Å²) in [6, 6.07) is 1.50. The number of carbonyl (C=O) groups excluding carboxylic acids is 1. The highest BCUT2D eigenvalue weighted by atomic mass is 16.4. The number of carbonyl (C=O) groups is 2. The highest BCUT2D eigenvalue weighted by Crippen LogP contribution is 2.08. The smallest absolute Gasteiger partial charge is 0.326 e. The second-order valence-corrected chi connectivity index (χ2v) is 4.36. The van der Waals surface area contributed by atoms with E-state index in [-0.39, 0.29) is 17.2 Å². The summed E-state index contributed by atoms with van der Waals surface area (Å²) in [7, 11) is 1.42.